The fraction of sp³-hybridized carbons (Fsp3) is 0.529. The third-order valence-electron chi connectivity index (χ3n) is 4.90. The Labute approximate surface area is 144 Å². The second-order valence-electron chi connectivity index (χ2n) is 7.66. The zero-order chi connectivity index (χ0) is 18.1. The highest BCUT2D eigenvalue weighted by molar-refractivity contribution is 6.08. The Morgan fingerprint density at radius 1 is 1.40 bits per heavy atom. The van der Waals surface area contributed by atoms with Crippen LogP contribution in [-0.2, 0) is 14.9 Å². The molecule has 2 aliphatic carbocycles. The Kier molecular flexibility index (Phi) is 2.99. The number of rotatable bonds is 1. The first-order chi connectivity index (χ1) is 11.7. The second kappa shape index (κ2) is 4.71. The number of hydrogen-bond acceptors (Lipinski definition) is 6. The van der Waals surface area contributed by atoms with Crippen LogP contribution in [0.25, 0.3) is 0 Å². The molecule has 1 aromatic rings. The molecule has 1 N–H and O–H groups in total. The van der Waals surface area contributed by atoms with Gasteiger partial charge in [-0.3, -0.25) is 9.69 Å². The molecule has 0 unspecified atom stereocenters. The van der Waals surface area contributed by atoms with Crippen molar-refractivity contribution in [1.29, 1.82) is 0 Å². The summed E-state index contributed by atoms with van der Waals surface area (Å²) in [6.07, 6.45) is 1.79. The molecule has 0 radical (unpaired) electrons. The number of allylic oxidation sites excluding steroid dienone is 2. The number of fused-ring (bicyclic) bond motifs is 1. The SMILES string of the molecule is COC(=O)c1nc2c([nH]1)[C@]13C[C@H]1CN(C(=O)OC(C)(C)C)C3=CC2=O. The van der Waals surface area contributed by atoms with Crippen molar-refractivity contribution in [2.24, 2.45) is 5.92 Å². The Bertz CT molecular complexity index is 847. The van der Waals surface area contributed by atoms with Crippen molar-refractivity contribution in [2.45, 2.75) is 38.2 Å². The molecule has 0 aromatic carbocycles. The number of nitrogens with one attached hydrogen (secondary N) is 1. The third kappa shape index (κ3) is 2.13. The van der Waals surface area contributed by atoms with Crippen molar-refractivity contribution in [3.63, 3.8) is 0 Å². The average molecular weight is 345 g/mol. The number of H-pyrrole nitrogens is 1. The summed E-state index contributed by atoms with van der Waals surface area (Å²) in [6.45, 7) is 5.88. The van der Waals surface area contributed by atoms with E-state index in [1.54, 1.807) is 20.8 Å². The van der Waals surface area contributed by atoms with Gasteiger partial charge in [0, 0.05) is 18.3 Å². The van der Waals surface area contributed by atoms with Gasteiger partial charge in [-0.1, -0.05) is 0 Å². The van der Waals surface area contributed by atoms with Gasteiger partial charge in [-0.15, -0.1) is 0 Å². The first-order valence-electron chi connectivity index (χ1n) is 8.13. The summed E-state index contributed by atoms with van der Waals surface area (Å²) >= 11 is 0. The van der Waals surface area contributed by atoms with E-state index in [1.165, 1.54) is 18.1 Å². The minimum Gasteiger partial charge on any atom is -0.463 e. The number of carbonyl (C=O) groups excluding carboxylic acids is 3. The fourth-order valence-electron chi connectivity index (χ4n) is 3.81. The van der Waals surface area contributed by atoms with Crippen molar-refractivity contribution in [3.05, 3.63) is 29.0 Å². The number of ether oxygens (including phenoxy) is 2. The van der Waals surface area contributed by atoms with Gasteiger partial charge in [-0.05, 0) is 33.1 Å². The zero-order valence-electron chi connectivity index (χ0n) is 14.5. The van der Waals surface area contributed by atoms with Crippen LogP contribution in [0.4, 0.5) is 4.79 Å². The fourth-order valence-corrected chi connectivity index (χ4v) is 3.81. The van der Waals surface area contributed by atoms with Gasteiger partial charge in [-0.2, -0.15) is 0 Å². The first-order valence-corrected chi connectivity index (χ1v) is 8.13. The maximum Gasteiger partial charge on any atom is 0.414 e. The predicted octanol–water partition coefficient (Wildman–Crippen LogP) is 1.78. The number of amides is 1. The van der Waals surface area contributed by atoms with Crippen LogP contribution in [0.1, 0.15) is 54.0 Å². The standard InChI is InChI=1S/C17H19N3O5/c1-16(2,3)25-15(23)20-7-8-6-17(8)10(20)5-9(21)11-12(17)19-13(18-11)14(22)24-4/h5,8H,6-7H2,1-4H3,(H,18,19)/t8-,17+/m0/s1. The van der Waals surface area contributed by atoms with E-state index < -0.39 is 23.1 Å². The largest absolute Gasteiger partial charge is 0.463 e. The molecule has 1 saturated carbocycles. The van der Waals surface area contributed by atoms with Crippen LogP contribution >= 0.6 is 0 Å². The summed E-state index contributed by atoms with van der Waals surface area (Å²) in [7, 11) is 1.26. The normalized spacial score (nSPS) is 26.4. The lowest BCUT2D eigenvalue weighted by Gasteiger charge is -2.29. The Morgan fingerprint density at radius 2 is 2.12 bits per heavy atom. The lowest BCUT2D eigenvalue weighted by molar-refractivity contribution is 0.0321. The molecule has 25 heavy (non-hydrogen) atoms. The molecule has 2 atom stereocenters. The summed E-state index contributed by atoms with van der Waals surface area (Å²) in [5.41, 5.74) is 0.390. The molecule has 3 aliphatic rings. The number of hydrogen-bond donors (Lipinski definition) is 1. The summed E-state index contributed by atoms with van der Waals surface area (Å²) in [5.74, 6) is -0.766. The molecule has 8 nitrogen and oxygen atoms in total. The third-order valence-corrected chi connectivity index (χ3v) is 4.90. The number of imidazole rings is 1. The summed E-state index contributed by atoms with van der Waals surface area (Å²) in [5, 5.41) is 0. The molecular weight excluding hydrogens is 326 g/mol. The molecular formula is C17H19N3O5. The number of carbonyl (C=O) groups is 3. The van der Waals surface area contributed by atoms with Gasteiger partial charge in [0.05, 0.1) is 18.2 Å². The van der Waals surface area contributed by atoms with Crippen LogP contribution in [0.2, 0.25) is 0 Å². The number of aromatic amines is 1. The highest BCUT2D eigenvalue weighted by Crippen LogP contribution is 2.66. The molecule has 1 aliphatic heterocycles. The molecule has 1 saturated heterocycles. The summed E-state index contributed by atoms with van der Waals surface area (Å²) < 4.78 is 10.1. The Hall–Kier alpha value is -2.64. The van der Waals surface area contributed by atoms with E-state index in [0.717, 1.165) is 6.42 Å². The van der Waals surface area contributed by atoms with Crippen molar-refractivity contribution in [3.8, 4) is 0 Å². The molecule has 1 aromatic heterocycles. The molecule has 4 rings (SSSR count). The molecule has 2 fully saturated rings. The smallest absolute Gasteiger partial charge is 0.414 e. The number of esters is 1. The van der Waals surface area contributed by atoms with Crippen LogP contribution in [0, 0.1) is 5.92 Å². The second-order valence-corrected chi connectivity index (χ2v) is 7.66. The first kappa shape index (κ1) is 15.9. The van der Waals surface area contributed by atoms with E-state index in [4.69, 9.17) is 4.74 Å². The highest BCUT2D eigenvalue weighted by Gasteiger charge is 2.69. The lowest BCUT2D eigenvalue weighted by atomic mass is 9.89. The van der Waals surface area contributed by atoms with Crippen molar-refractivity contribution in [1.82, 2.24) is 14.9 Å². The van der Waals surface area contributed by atoms with Gasteiger partial charge < -0.3 is 14.5 Å². The number of likely N-dealkylation sites (tertiary alicyclic amines) is 1. The maximum atomic E-state index is 12.5. The number of methoxy groups -OCH3 is 1. The van der Waals surface area contributed by atoms with Crippen LogP contribution in [0.15, 0.2) is 11.8 Å². The molecule has 1 amide bonds. The highest BCUT2D eigenvalue weighted by atomic mass is 16.6. The van der Waals surface area contributed by atoms with Gasteiger partial charge in [0.15, 0.2) is 0 Å². The quantitative estimate of drug-likeness (QED) is 0.779. The van der Waals surface area contributed by atoms with Gasteiger partial charge >= 0.3 is 12.1 Å². The van der Waals surface area contributed by atoms with Gasteiger partial charge in [-0.25, -0.2) is 14.6 Å². The maximum absolute atomic E-state index is 12.5. The van der Waals surface area contributed by atoms with Crippen molar-refractivity contribution in [2.75, 3.05) is 13.7 Å². The minimum absolute atomic E-state index is 0.00578. The van der Waals surface area contributed by atoms with Crippen LogP contribution < -0.4 is 0 Å². The van der Waals surface area contributed by atoms with Crippen molar-refractivity contribution >= 4 is 17.8 Å². The monoisotopic (exact) mass is 345 g/mol. The zero-order valence-corrected chi connectivity index (χ0v) is 14.5. The lowest BCUT2D eigenvalue weighted by Crippen LogP contribution is -2.38. The minimum atomic E-state index is -0.626. The van der Waals surface area contributed by atoms with E-state index in [2.05, 4.69) is 14.7 Å². The van der Waals surface area contributed by atoms with Crippen LogP contribution in [0.3, 0.4) is 0 Å². The summed E-state index contributed by atoms with van der Waals surface area (Å²) in [4.78, 5) is 45.3. The number of aromatic nitrogens is 2. The van der Waals surface area contributed by atoms with Crippen molar-refractivity contribution < 1.29 is 23.9 Å². The van der Waals surface area contributed by atoms with E-state index in [-0.39, 0.29) is 23.2 Å². The molecule has 0 bridgehead atoms. The molecule has 2 heterocycles. The Morgan fingerprint density at radius 3 is 2.76 bits per heavy atom. The van der Waals surface area contributed by atoms with E-state index in [1.807, 2.05) is 0 Å². The molecule has 1 spiro atoms. The van der Waals surface area contributed by atoms with Crippen LogP contribution in [-0.4, -0.2) is 52.0 Å². The predicted molar refractivity (Wildman–Crippen MR) is 85.1 cm³/mol. The van der Waals surface area contributed by atoms with Gasteiger partial charge in [0.2, 0.25) is 11.6 Å². The van der Waals surface area contributed by atoms with Gasteiger partial charge in [0.1, 0.15) is 11.3 Å². The van der Waals surface area contributed by atoms with Gasteiger partial charge in [0.25, 0.3) is 0 Å². The number of piperidine rings is 1. The summed E-state index contributed by atoms with van der Waals surface area (Å²) in [6, 6.07) is 0. The molecule has 8 heteroatoms. The topological polar surface area (TPSA) is 102 Å². The number of nitrogens with zero attached hydrogens (tertiary/aromatic N) is 2. The van der Waals surface area contributed by atoms with E-state index >= 15 is 0 Å². The van der Waals surface area contributed by atoms with E-state index in [9.17, 15) is 14.4 Å². The number of ketones is 1. The van der Waals surface area contributed by atoms with Crippen LogP contribution in [0.5, 0.6) is 0 Å². The molecule has 132 valence electrons. The van der Waals surface area contributed by atoms with E-state index in [0.29, 0.717) is 17.9 Å². The Balaban J connectivity index is 1.72. The average Bonchev–Trinajstić information content (AvgIpc) is 2.90.